The van der Waals surface area contributed by atoms with Crippen LogP contribution in [0.4, 0.5) is 4.79 Å². The number of nitrogens with one attached hydrogen (secondary N) is 2. The van der Waals surface area contributed by atoms with Crippen LogP contribution >= 0.6 is 0 Å². The van der Waals surface area contributed by atoms with Gasteiger partial charge in [0.2, 0.25) is 0 Å². The lowest BCUT2D eigenvalue weighted by atomic mass is 10.0. The predicted octanol–water partition coefficient (Wildman–Crippen LogP) is 2.22. The Hall–Kier alpha value is -2.08. The lowest BCUT2D eigenvalue weighted by Crippen LogP contribution is -2.50. The zero-order valence-corrected chi connectivity index (χ0v) is 14.2. The van der Waals surface area contributed by atoms with Gasteiger partial charge in [-0.15, -0.1) is 0 Å². The van der Waals surface area contributed by atoms with E-state index in [0.717, 1.165) is 18.4 Å². The first-order chi connectivity index (χ1) is 11.5. The molecule has 2 aromatic rings. The molecule has 2 aliphatic rings. The summed E-state index contributed by atoms with van der Waals surface area (Å²) in [6.07, 6.45) is 4.26. The minimum Gasteiger partial charge on any atom is -0.334 e. The van der Waals surface area contributed by atoms with Crippen molar-refractivity contribution in [3.8, 4) is 0 Å². The van der Waals surface area contributed by atoms with Crippen molar-refractivity contribution in [2.75, 3.05) is 0 Å². The molecule has 6 nitrogen and oxygen atoms in total. The molecule has 1 aromatic heterocycles. The summed E-state index contributed by atoms with van der Waals surface area (Å²) in [5.41, 5.74) is 1.21. The summed E-state index contributed by atoms with van der Waals surface area (Å²) in [4.78, 5) is 25.6. The molecular weight excluding hydrogens is 304 g/mol. The van der Waals surface area contributed by atoms with Gasteiger partial charge in [0.25, 0.3) is 0 Å². The molecular formula is C18H24N4O2. The van der Waals surface area contributed by atoms with Gasteiger partial charge in [0, 0.05) is 24.2 Å². The van der Waals surface area contributed by atoms with Crippen LogP contribution in [-0.2, 0) is 0 Å². The molecule has 1 amide bonds. The van der Waals surface area contributed by atoms with E-state index in [2.05, 4.69) is 10.6 Å². The van der Waals surface area contributed by atoms with Gasteiger partial charge in [-0.2, -0.15) is 0 Å². The van der Waals surface area contributed by atoms with Crippen LogP contribution in [0, 0.1) is 0 Å². The third-order valence-corrected chi connectivity index (χ3v) is 5.30. The summed E-state index contributed by atoms with van der Waals surface area (Å²) < 4.78 is 2.97. The second-order valence-corrected chi connectivity index (χ2v) is 7.33. The van der Waals surface area contributed by atoms with Gasteiger partial charge in [0.1, 0.15) is 0 Å². The SMILES string of the molecule is CC(C)n1c(=O)n(C(=O)NC2C[C@H]3CC[C@H](C2)N3)c2ccccc21. The van der Waals surface area contributed by atoms with E-state index in [4.69, 9.17) is 0 Å². The van der Waals surface area contributed by atoms with E-state index in [1.165, 1.54) is 17.4 Å². The number of hydrogen-bond donors (Lipinski definition) is 2. The van der Waals surface area contributed by atoms with Crippen LogP contribution < -0.4 is 16.3 Å². The fourth-order valence-corrected chi connectivity index (χ4v) is 4.28. The monoisotopic (exact) mass is 328 g/mol. The average Bonchev–Trinajstić information content (AvgIpc) is 3.03. The summed E-state index contributed by atoms with van der Waals surface area (Å²) in [6, 6.07) is 8.34. The van der Waals surface area contributed by atoms with E-state index in [1.807, 2.05) is 38.1 Å². The zero-order valence-electron chi connectivity index (χ0n) is 14.2. The molecule has 2 bridgehead atoms. The number of aromatic nitrogens is 2. The van der Waals surface area contributed by atoms with Gasteiger partial charge in [-0.1, -0.05) is 12.1 Å². The normalized spacial score (nSPS) is 26.2. The number of carbonyl (C=O) groups excluding carboxylic acids is 1. The van der Waals surface area contributed by atoms with Gasteiger partial charge in [-0.3, -0.25) is 4.57 Å². The highest BCUT2D eigenvalue weighted by Crippen LogP contribution is 2.27. The molecule has 128 valence electrons. The second kappa shape index (κ2) is 5.77. The maximum Gasteiger partial charge on any atom is 0.337 e. The standard InChI is InChI=1S/C18H24N4O2/c1-11(2)21-15-5-3-4-6-16(15)22(18(21)24)17(23)20-14-9-12-7-8-13(10-14)19-12/h3-6,11-14,19H,7-10H2,1-2H3,(H,20,23)/t12-,13-/m1/s1. The Bertz CT molecular complexity index is 823. The number of piperidine rings is 1. The van der Waals surface area contributed by atoms with Crippen molar-refractivity contribution in [1.29, 1.82) is 0 Å². The first kappa shape index (κ1) is 15.4. The maximum atomic E-state index is 12.8. The highest BCUT2D eigenvalue weighted by Gasteiger charge is 2.34. The minimum absolute atomic E-state index is 0.00572. The molecule has 0 unspecified atom stereocenters. The van der Waals surface area contributed by atoms with Crippen molar-refractivity contribution in [3.05, 3.63) is 34.7 Å². The van der Waals surface area contributed by atoms with E-state index in [0.29, 0.717) is 17.6 Å². The smallest absolute Gasteiger partial charge is 0.334 e. The number of carbonyl (C=O) groups is 1. The number of hydrogen-bond acceptors (Lipinski definition) is 3. The summed E-state index contributed by atoms with van der Waals surface area (Å²) in [5.74, 6) is 0. The molecule has 2 saturated heterocycles. The number of para-hydroxylation sites is 2. The third-order valence-electron chi connectivity index (χ3n) is 5.30. The molecule has 0 aliphatic carbocycles. The Morgan fingerprint density at radius 2 is 1.79 bits per heavy atom. The maximum absolute atomic E-state index is 12.8. The molecule has 1 aromatic carbocycles. The van der Waals surface area contributed by atoms with Crippen LogP contribution in [0.5, 0.6) is 0 Å². The van der Waals surface area contributed by atoms with Crippen molar-refractivity contribution >= 4 is 17.1 Å². The third kappa shape index (κ3) is 2.45. The Balaban J connectivity index is 1.67. The lowest BCUT2D eigenvalue weighted by molar-refractivity contribution is 0.230. The molecule has 4 rings (SSSR count). The molecule has 2 atom stereocenters. The van der Waals surface area contributed by atoms with Gasteiger partial charge in [-0.25, -0.2) is 14.2 Å². The van der Waals surface area contributed by atoms with Crippen LogP contribution in [0.15, 0.2) is 29.1 Å². The second-order valence-electron chi connectivity index (χ2n) is 7.33. The fourth-order valence-electron chi connectivity index (χ4n) is 4.28. The summed E-state index contributed by atoms with van der Waals surface area (Å²) in [5, 5.41) is 6.66. The van der Waals surface area contributed by atoms with Crippen LogP contribution in [0.25, 0.3) is 11.0 Å². The summed E-state index contributed by atoms with van der Waals surface area (Å²) in [7, 11) is 0. The van der Waals surface area contributed by atoms with Gasteiger partial charge >= 0.3 is 11.7 Å². The Morgan fingerprint density at radius 1 is 1.17 bits per heavy atom. The topological polar surface area (TPSA) is 68.1 Å². The van der Waals surface area contributed by atoms with Gasteiger partial charge in [0.15, 0.2) is 0 Å². The molecule has 2 N–H and O–H groups in total. The average molecular weight is 328 g/mol. The molecule has 3 heterocycles. The van der Waals surface area contributed by atoms with Gasteiger partial charge < -0.3 is 10.6 Å². The van der Waals surface area contributed by atoms with Gasteiger partial charge in [0.05, 0.1) is 11.0 Å². The number of imidazole rings is 1. The fraction of sp³-hybridized carbons (Fsp3) is 0.556. The van der Waals surface area contributed by atoms with Crippen molar-refractivity contribution in [1.82, 2.24) is 19.8 Å². The van der Waals surface area contributed by atoms with Crippen LogP contribution in [0.1, 0.15) is 45.6 Å². The lowest BCUT2D eigenvalue weighted by Gasteiger charge is -2.29. The van der Waals surface area contributed by atoms with E-state index in [1.54, 1.807) is 4.57 Å². The molecule has 0 radical (unpaired) electrons. The number of benzene rings is 1. The molecule has 2 fully saturated rings. The van der Waals surface area contributed by atoms with Crippen LogP contribution in [0.3, 0.4) is 0 Å². The largest absolute Gasteiger partial charge is 0.337 e. The van der Waals surface area contributed by atoms with E-state index >= 15 is 0 Å². The number of rotatable bonds is 2. The zero-order chi connectivity index (χ0) is 16.8. The van der Waals surface area contributed by atoms with E-state index in [9.17, 15) is 9.59 Å². The molecule has 2 aliphatic heterocycles. The molecule has 0 saturated carbocycles. The van der Waals surface area contributed by atoms with Crippen molar-refractivity contribution in [3.63, 3.8) is 0 Å². The Kier molecular flexibility index (Phi) is 3.72. The highest BCUT2D eigenvalue weighted by molar-refractivity contribution is 5.89. The summed E-state index contributed by atoms with van der Waals surface area (Å²) in [6.45, 7) is 3.92. The predicted molar refractivity (Wildman–Crippen MR) is 93.5 cm³/mol. The van der Waals surface area contributed by atoms with Crippen LogP contribution in [0.2, 0.25) is 0 Å². The van der Waals surface area contributed by atoms with E-state index < -0.39 is 0 Å². The number of nitrogens with zero attached hydrogens (tertiary/aromatic N) is 2. The Labute approximate surface area is 140 Å². The minimum atomic E-state index is -0.304. The highest BCUT2D eigenvalue weighted by atomic mass is 16.2. The molecule has 0 spiro atoms. The first-order valence-corrected chi connectivity index (χ1v) is 8.83. The Morgan fingerprint density at radius 3 is 2.42 bits per heavy atom. The van der Waals surface area contributed by atoms with E-state index in [-0.39, 0.29) is 23.8 Å². The quantitative estimate of drug-likeness (QED) is 0.888. The number of fused-ring (bicyclic) bond motifs is 3. The van der Waals surface area contributed by atoms with Crippen molar-refractivity contribution in [2.45, 2.75) is 63.7 Å². The first-order valence-electron chi connectivity index (χ1n) is 8.83. The van der Waals surface area contributed by atoms with Crippen LogP contribution in [-0.4, -0.2) is 33.3 Å². The van der Waals surface area contributed by atoms with Crippen molar-refractivity contribution in [2.24, 2.45) is 0 Å². The summed E-state index contributed by atoms with van der Waals surface area (Å²) >= 11 is 0. The van der Waals surface area contributed by atoms with Gasteiger partial charge in [-0.05, 0) is 51.7 Å². The van der Waals surface area contributed by atoms with Crippen molar-refractivity contribution < 1.29 is 4.79 Å². The number of amides is 1. The molecule has 24 heavy (non-hydrogen) atoms. The molecule has 6 heteroatoms.